The summed E-state index contributed by atoms with van der Waals surface area (Å²) in [6, 6.07) is 5.86. The van der Waals surface area contributed by atoms with Crippen LogP contribution < -0.4 is 0 Å². The minimum atomic E-state index is -0.797. The maximum Gasteiger partial charge on any atom is 0.164 e. The minimum Gasteiger partial charge on any atom is -0.396 e. The van der Waals surface area contributed by atoms with Crippen LogP contribution in [0.15, 0.2) is 18.2 Å². The van der Waals surface area contributed by atoms with Crippen molar-refractivity contribution in [3.63, 3.8) is 0 Å². The number of aliphatic hydroxyl groups is 2. The highest BCUT2D eigenvalue weighted by Crippen LogP contribution is 2.40. The molecule has 0 aromatic heterocycles. The van der Waals surface area contributed by atoms with E-state index in [0.717, 1.165) is 16.7 Å². The van der Waals surface area contributed by atoms with Gasteiger partial charge in [-0.3, -0.25) is 0 Å². The zero-order valence-electron chi connectivity index (χ0n) is 13.3. The molecule has 4 unspecified atom stereocenters. The molecule has 2 aliphatic rings. The molecule has 1 aromatic rings. The molecule has 3 rings (SSSR count). The highest BCUT2D eigenvalue weighted by atomic mass is 16.8. The van der Waals surface area contributed by atoms with Crippen molar-refractivity contribution in [2.45, 2.75) is 57.4 Å². The van der Waals surface area contributed by atoms with Gasteiger partial charge in [-0.25, -0.2) is 0 Å². The summed E-state index contributed by atoms with van der Waals surface area (Å²) in [6.07, 6.45) is -1.14. The summed E-state index contributed by atoms with van der Waals surface area (Å²) in [5, 5.41) is 20.0. The zero-order chi connectivity index (χ0) is 15.9. The lowest BCUT2D eigenvalue weighted by Gasteiger charge is -2.26. The maximum atomic E-state index is 10.8. The summed E-state index contributed by atoms with van der Waals surface area (Å²) in [7, 11) is 0. The Balaban J connectivity index is 1.84. The molecule has 122 valence electrons. The highest BCUT2D eigenvalue weighted by Gasteiger charge is 2.52. The first kappa shape index (κ1) is 15.9. The number of aliphatic hydroxyl groups excluding tert-OH is 2. The van der Waals surface area contributed by atoms with Gasteiger partial charge in [0.15, 0.2) is 5.79 Å². The molecule has 2 aliphatic heterocycles. The van der Waals surface area contributed by atoms with Crippen LogP contribution in [0.2, 0.25) is 0 Å². The quantitative estimate of drug-likeness (QED) is 0.882. The predicted octanol–water partition coefficient (Wildman–Crippen LogP) is 1.48. The summed E-state index contributed by atoms with van der Waals surface area (Å²) < 4.78 is 17.4. The Bertz CT molecular complexity index is 542. The van der Waals surface area contributed by atoms with E-state index in [4.69, 9.17) is 14.2 Å². The summed E-state index contributed by atoms with van der Waals surface area (Å²) in [6.45, 7) is 6.22. The van der Waals surface area contributed by atoms with Crippen LogP contribution in [0.1, 0.15) is 36.6 Å². The molecule has 2 fully saturated rings. The molecule has 5 nitrogen and oxygen atoms in total. The Morgan fingerprint density at radius 3 is 2.82 bits per heavy atom. The standard InChI is InChI=1S/C17H24O5/c1-10-4-5-12(11(8-10)6-7-18)14(19)16-15-13(9-20-16)21-17(2,3)22-15/h4-5,8,13-16,18-19H,6-7,9H2,1-3H3. The SMILES string of the molecule is Cc1ccc(C(O)C2OCC3OC(C)(C)OC32)c(CCO)c1. The van der Waals surface area contributed by atoms with Gasteiger partial charge in [-0.15, -0.1) is 0 Å². The summed E-state index contributed by atoms with van der Waals surface area (Å²) in [4.78, 5) is 0. The summed E-state index contributed by atoms with van der Waals surface area (Å²) in [5.74, 6) is -0.641. The molecule has 0 amide bonds. The lowest BCUT2D eigenvalue weighted by atomic mass is 9.93. The lowest BCUT2D eigenvalue weighted by molar-refractivity contribution is -0.184. The van der Waals surface area contributed by atoms with Gasteiger partial charge in [0, 0.05) is 6.61 Å². The lowest BCUT2D eigenvalue weighted by Crippen LogP contribution is -2.34. The second kappa shape index (κ2) is 5.91. The average Bonchev–Trinajstić information content (AvgIpc) is 2.93. The van der Waals surface area contributed by atoms with Gasteiger partial charge in [0.25, 0.3) is 0 Å². The van der Waals surface area contributed by atoms with Crippen molar-refractivity contribution < 1.29 is 24.4 Å². The number of hydrogen-bond acceptors (Lipinski definition) is 5. The fourth-order valence-corrected chi connectivity index (χ4v) is 3.38. The number of rotatable bonds is 4. The van der Waals surface area contributed by atoms with E-state index < -0.39 is 18.0 Å². The number of ether oxygens (including phenoxy) is 3. The molecular formula is C17H24O5. The molecule has 0 bridgehead atoms. The van der Waals surface area contributed by atoms with Crippen molar-refractivity contribution in [3.05, 3.63) is 34.9 Å². The van der Waals surface area contributed by atoms with Crippen molar-refractivity contribution in [2.24, 2.45) is 0 Å². The molecule has 2 N–H and O–H groups in total. The third kappa shape index (κ3) is 2.92. The first-order chi connectivity index (χ1) is 10.4. The van der Waals surface area contributed by atoms with Gasteiger partial charge in [-0.2, -0.15) is 0 Å². The minimum absolute atomic E-state index is 0.0490. The van der Waals surface area contributed by atoms with E-state index in [1.165, 1.54) is 0 Å². The fraction of sp³-hybridized carbons (Fsp3) is 0.647. The predicted molar refractivity (Wildman–Crippen MR) is 80.5 cm³/mol. The molecular weight excluding hydrogens is 284 g/mol. The Hall–Kier alpha value is -0.980. The second-order valence-electron chi connectivity index (χ2n) is 6.56. The Morgan fingerprint density at radius 1 is 1.32 bits per heavy atom. The van der Waals surface area contributed by atoms with Gasteiger partial charge in [-0.05, 0) is 38.3 Å². The molecule has 0 aliphatic carbocycles. The van der Waals surface area contributed by atoms with Crippen LogP contribution in [0.4, 0.5) is 0 Å². The van der Waals surface area contributed by atoms with Crippen LogP contribution in [0.25, 0.3) is 0 Å². The smallest absolute Gasteiger partial charge is 0.164 e. The number of aryl methyl sites for hydroxylation is 1. The van der Waals surface area contributed by atoms with Gasteiger partial charge < -0.3 is 24.4 Å². The van der Waals surface area contributed by atoms with Crippen LogP contribution in [-0.4, -0.2) is 47.5 Å². The van der Waals surface area contributed by atoms with Crippen LogP contribution >= 0.6 is 0 Å². The fourth-order valence-electron chi connectivity index (χ4n) is 3.38. The topological polar surface area (TPSA) is 68.2 Å². The van der Waals surface area contributed by atoms with E-state index in [-0.39, 0.29) is 18.8 Å². The van der Waals surface area contributed by atoms with E-state index in [1.54, 1.807) is 0 Å². The number of hydrogen-bond donors (Lipinski definition) is 2. The van der Waals surface area contributed by atoms with E-state index >= 15 is 0 Å². The van der Waals surface area contributed by atoms with Gasteiger partial charge >= 0.3 is 0 Å². The number of benzene rings is 1. The molecule has 22 heavy (non-hydrogen) atoms. The highest BCUT2D eigenvalue weighted by molar-refractivity contribution is 5.34. The Morgan fingerprint density at radius 2 is 2.09 bits per heavy atom. The largest absolute Gasteiger partial charge is 0.396 e. The normalized spacial score (nSPS) is 31.2. The third-order valence-electron chi connectivity index (χ3n) is 4.31. The second-order valence-corrected chi connectivity index (χ2v) is 6.56. The first-order valence-corrected chi connectivity index (χ1v) is 7.77. The van der Waals surface area contributed by atoms with Crippen LogP contribution in [0.3, 0.4) is 0 Å². The van der Waals surface area contributed by atoms with E-state index in [9.17, 15) is 10.2 Å². The zero-order valence-corrected chi connectivity index (χ0v) is 13.3. The Kier molecular flexibility index (Phi) is 4.27. The molecule has 1 aromatic carbocycles. The van der Waals surface area contributed by atoms with Crippen molar-refractivity contribution in [1.29, 1.82) is 0 Å². The molecule has 5 heteroatoms. The van der Waals surface area contributed by atoms with Crippen LogP contribution in [0, 0.1) is 6.92 Å². The Labute approximate surface area is 130 Å². The monoisotopic (exact) mass is 308 g/mol. The molecule has 0 radical (unpaired) electrons. The van der Waals surface area contributed by atoms with Crippen LogP contribution in [-0.2, 0) is 20.6 Å². The first-order valence-electron chi connectivity index (χ1n) is 7.77. The van der Waals surface area contributed by atoms with Gasteiger partial charge in [-0.1, -0.05) is 23.8 Å². The molecule has 0 saturated carbocycles. The van der Waals surface area contributed by atoms with Gasteiger partial charge in [0.05, 0.1) is 6.61 Å². The summed E-state index contributed by atoms with van der Waals surface area (Å²) >= 11 is 0. The van der Waals surface area contributed by atoms with Crippen molar-refractivity contribution in [1.82, 2.24) is 0 Å². The third-order valence-corrected chi connectivity index (χ3v) is 4.31. The molecule has 2 saturated heterocycles. The van der Waals surface area contributed by atoms with E-state index in [2.05, 4.69) is 0 Å². The average molecular weight is 308 g/mol. The van der Waals surface area contributed by atoms with E-state index in [0.29, 0.717) is 13.0 Å². The van der Waals surface area contributed by atoms with Crippen molar-refractivity contribution in [3.8, 4) is 0 Å². The molecule has 0 spiro atoms. The number of fused-ring (bicyclic) bond motifs is 1. The molecule has 2 heterocycles. The van der Waals surface area contributed by atoms with E-state index in [1.807, 2.05) is 39.0 Å². The van der Waals surface area contributed by atoms with Crippen molar-refractivity contribution >= 4 is 0 Å². The summed E-state index contributed by atoms with van der Waals surface area (Å²) in [5.41, 5.74) is 2.84. The van der Waals surface area contributed by atoms with Crippen LogP contribution in [0.5, 0.6) is 0 Å². The van der Waals surface area contributed by atoms with Gasteiger partial charge in [0.2, 0.25) is 0 Å². The molecule has 4 atom stereocenters. The van der Waals surface area contributed by atoms with Gasteiger partial charge in [0.1, 0.15) is 24.4 Å². The maximum absolute atomic E-state index is 10.8. The van der Waals surface area contributed by atoms with Crippen molar-refractivity contribution in [2.75, 3.05) is 13.2 Å².